The molecular formula is C14H21FN2. The summed E-state index contributed by atoms with van der Waals surface area (Å²) in [6.45, 7) is 3.78. The summed E-state index contributed by atoms with van der Waals surface area (Å²) in [7, 11) is 0. The largest absolute Gasteiger partial charge is 0.370 e. The summed E-state index contributed by atoms with van der Waals surface area (Å²) in [5.41, 5.74) is 7.23. The summed E-state index contributed by atoms with van der Waals surface area (Å²) in [5, 5.41) is 0. The molecule has 0 heterocycles. The molecule has 1 aliphatic carbocycles. The number of rotatable bonds is 4. The first-order valence-electron chi connectivity index (χ1n) is 6.42. The fourth-order valence-corrected chi connectivity index (χ4v) is 2.68. The van der Waals surface area contributed by atoms with E-state index in [1.54, 1.807) is 12.1 Å². The fraction of sp³-hybridized carbons (Fsp3) is 0.571. The maximum Gasteiger partial charge on any atom is 0.125 e. The summed E-state index contributed by atoms with van der Waals surface area (Å²) in [6, 6.07) is 6.77. The van der Waals surface area contributed by atoms with Gasteiger partial charge in [-0.25, -0.2) is 4.39 Å². The lowest BCUT2D eigenvalue weighted by atomic mass is 9.98. The van der Waals surface area contributed by atoms with Crippen LogP contribution in [-0.4, -0.2) is 18.6 Å². The summed E-state index contributed by atoms with van der Waals surface area (Å²) < 4.78 is 13.2. The molecule has 0 aromatic heterocycles. The molecule has 94 valence electrons. The van der Waals surface area contributed by atoms with Gasteiger partial charge in [-0.15, -0.1) is 0 Å². The van der Waals surface area contributed by atoms with Crippen molar-refractivity contribution in [2.45, 2.75) is 38.1 Å². The number of hydrogen-bond donors (Lipinski definition) is 1. The predicted molar refractivity (Wildman–Crippen MR) is 69.7 cm³/mol. The Bertz CT molecular complexity index is 372. The number of likely N-dealkylation sites (N-methyl/N-ethyl adjacent to an activating group) is 1. The quantitative estimate of drug-likeness (QED) is 0.871. The van der Waals surface area contributed by atoms with E-state index in [0.29, 0.717) is 0 Å². The van der Waals surface area contributed by atoms with Crippen LogP contribution in [0.2, 0.25) is 0 Å². The van der Waals surface area contributed by atoms with Crippen molar-refractivity contribution >= 4 is 5.69 Å². The highest BCUT2D eigenvalue weighted by molar-refractivity contribution is 5.46. The average molecular weight is 236 g/mol. The van der Waals surface area contributed by atoms with Crippen LogP contribution in [-0.2, 0) is 0 Å². The number of hydrogen-bond acceptors (Lipinski definition) is 2. The molecule has 1 saturated carbocycles. The molecule has 0 aliphatic heterocycles. The molecule has 0 amide bonds. The van der Waals surface area contributed by atoms with Gasteiger partial charge < -0.3 is 10.6 Å². The molecule has 3 heteroatoms. The van der Waals surface area contributed by atoms with Crippen LogP contribution in [0.4, 0.5) is 10.1 Å². The highest BCUT2D eigenvalue weighted by Crippen LogP contribution is 2.29. The van der Waals surface area contributed by atoms with Gasteiger partial charge in [-0.1, -0.05) is 18.9 Å². The molecule has 2 rings (SSSR count). The Morgan fingerprint density at radius 2 is 2.06 bits per heavy atom. The van der Waals surface area contributed by atoms with Crippen molar-refractivity contribution < 1.29 is 4.39 Å². The van der Waals surface area contributed by atoms with Crippen LogP contribution in [0.25, 0.3) is 0 Å². The molecule has 0 unspecified atom stereocenters. The first-order chi connectivity index (χ1) is 8.13. The van der Waals surface area contributed by atoms with Crippen molar-refractivity contribution in [2.24, 2.45) is 5.73 Å². The van der Waals surface area contributed by atoms with E-state index in [0.717, 1.165) is 31.6 Å². The molecule has 0 atom stereocenters. The van der Waals surface area contributed by atoms with Gasteiger partial charge in [0.05, 0.1) is 0 Å². The summed E-state index contributed by atoms with van der Waals surface area (Å²) in [6.07, 6.45) is 4.60. The summed E-state index contributed by atoms with van der Waals surface area (Å²) in [5.74, 6) is -0.182. The number of halogens is 1. The molecule has 0 saturated heterocycles. The van der Waals surface area contributed by atoms with Crippen LogP contribution in [0.5, 0.6) is 0 Å². The van der Waals surface area contributed by atoms with Gasteiger partial charge in [-0.3, -0.25) is 0 Å². The zero-order valence-electron chi connectivity index (χ0n) is 10.5. The van der Waals surface area contributed by atoms with Crippen LogP contribution in [0.1, 0.15) is 32.6 Å². The fourth-order valence-electron chi connectivity index (χ4n) is 2.68. The van der Waals surface area contributed by atoms with Gasteiger partial charge in [0.1, 0.15) is 5.82 Å². The molecule has 2 N–H and O–H groups in total. The lowest BCUT2D eigenvalue weighted by molar-refractivity contribution is 0.435. The number of nitrogens with zero attached hydrogens (tertiary/aromatic N) is 1. The molecule has 1 aromatic carbocycles. The first kappa shape index (κ1) is 12.4. The second-order valence-electron chi connectivity index (χ2n) is 5.06. The third kappa shape index (κ3) is 2.97. The van der Waals surface area contributed by atoms with Crippen LogP contribution >= 0.6 is 0 Å². The average Bonchev–Trinajstić information content (AvgIpc) is 2.73. The molecule has 1 fully saturated rings. The molecule has 17 heavy (non-hydrogen) atoms. The summed E-state index contributed by atoms with van der Waals surface area (Å²) in [4.78, 5) is 2.17. The van der Waals surface area contributed by atoms with Crippen LogP contribution in [0, 0.1) is 5.82 Å². The smallest absolute Gasteiger partial charge is 0.125 e. The van der Waals surface area contributed by atoms with Gasteiger partial charge >= 0.3 is 0 Å². The van der Waals surface area contributed by atoms with Crippen molar-refractivity contribution in [2.75, 3.05) is 18.0 Å². The van der Waals surface area contributed by atoms with Crippen LogP contribution in [0.15, 0.2) is 24.3 Å². The van der Waals surface area contributed by atoms with Gasteiger partial charge in [0.25, 0.3) is 0 Å². The van der Waals surface area contributed by atoms with Gasteiger partial charge in [0.2, 0.25) is 0 Å². The van der Waals surface area contributed by atoms with E-state index in [1.807, 2.05) is 6.07 Å². The monoisotopic (exact) mass is 236 g/mol. The lowest BCUT2D eigenvalue weighted by Gasteiger charge is -2.33. The van der Waals surface area contributed by atoms with Gasteiger partial charge in [0, 0.05) is 24.3 Å². The second kappa shape index (κ2) is 5.05. The van der Waals surface area contributed by atoms with Crippen LogP contribution in [0.3, 0.4) is 0 Å². The zero-order valence-corrected chi connectivity index (χ0v) is 10.5. The third-order valence-electron chi connectivity index (χ3n) is 3.66. The highest BCUT2D eigenvalue weighted by Gasteiger charge is 2.31. The molecule has 1 aliphatic rings. The minimum Gasteiger partial charge on any atom is -0.370 e. The topological polar surface area (TPSA) is 29.3 Å². The molecule has 2 nitrogen and oxygen atoms in total. The van der Waals surface area contributed by atoms with E-state index < -0.39 is 0 Å². The number of anilines is 1. The van der Waals surface area contributed by atoms with Crippen molar-refractivity contribution in [3.63, 3.8) is 0 Å². The zero-order chi connectivity index (χ0) is 12.3. The normalized spacial score (nSPS) is 18.3. The van der Waals surface area contributed by atoms with Crippen molar-refractivity contribution in [3.05, 3.63) is 30.1 Å². The molecular weight excluding hydrogens is 215 g/mol. The van der Waals surface area contributed by atoms with E-state index in [9.17, 15) is 4.39 Å². The van der Waals surface area contributed by atoms with Gasteiger partial charge in [-0.2, -0.15) is 0 Å². The van der Waals surface area contributed by atoms with Crippen molar-refractivity contribution in [1.82, 2.24) is 0 Å². The molecule has 1 aromatic rings. The van der Waals surface area contributed by atoms with E-state index in [1.165, 1.54) is 18.9 Å². The Balaban J connectivity index is 2.11. The Kier molecular flexibility index (Phi) is 3.67. The SMILES string of the molecule is CCN(CC1(N)CCCC1)c1cccc(F)c1. The van der Waals surface area contributed by atoms with Crippen LogP contribution < -0.4 is 10.6 Å². The minimum absolute atomic E-state index is 0.0810. The standard InChI is InChI=1S/C14H21FN2/c1-2-17(11-14(16)8-3-4-9-14)13-7-5-6-12(15)10-13/h5-7,10H,2-4,8-9,11,16H2,1H3. The van der Waals surface area contributed by atoms with E-state index >= 15 is 0 Å². The molecule has 0 spiro atoms. The Morgan fingerprint density at radius 3 is 2.65 bits per heavy atom. The molecule has 0 bridgehead atoms. The predicted octanol–water partition coefficient (Wildman–Crippen LogP) is 2.92. The Labute approximate surface area is 103 Å². The van der Waals surface area contributed by atoms with Crippen molar-refractivity contribution in [3.8, 4) is 0 Å². The van der Waals surface area contributed by atoms with E-state index in [-0.39, 0.29) is 11.4 Å². The Hall–Kier alpha value is -1.09. The minimum atomic E-state index is -0.182. The highest BCUT2D eigenvalue weighted by atomic mass is 19.1. The summed E-state index contributed by atoms with van der Waals surface area (Å²) >= 11 is 0. The maximum absolute atomic E-state index is 13.2. The molecule has 0 radical (unpaired) electrons. The maximum atomic E-state index is 13.2. The number of nitrogens with two attached hydrogens (primary N) is 1. The second-order valence-corrected chi connectivity index (χ2v) is 5.06. The first-order valence-corrected chi connectivity index (χ1v) is 6.42. The van der Waals surface area contributed by atoms with E-state index in [4.69, 9.17) is 5.73 Å². The third-order valence-corrected chi connectivity index (χ3v) is 3.66. The number of benzene rings is 1. The lowest BCUT2D eigenvalue weighted by Crippen LogP contribution is -2.48. The van der Waals surface area contributed by atoms with E-state index in [2.05, 4.69) is 11.8 Å². The Morgan fingerprint density at radius 1 is 1.35 bits per heavy atom. The van der Waals surface area contributed by atoms with Crippen molar-refractivity contribution in [1.29, 1.82) is 0 Å². The van der Waals surface area contributed by atoms with Gasteiger partial charge in [-0.05, 0) is 38.0 Å². The van der Waals surface area contributed by atoms with Gasteiger partial charge in [0.15, 0.2) is 0 Å².